The topological polar surface area (TPSA) is 125 Å². The highest BCUT2D eigenvalue weighted by Crippen LogP contribution is 2.18. The lowest BCUT2D eigenvalue weighted by molar-refractivity contribution is 0.102. The Balaban J connectivity index is 1.73. The molecular weight excluding hydrogens is 390 g/mol. The molecule has 0 aliphatic heterocycles. The molecule has 0 saturated heterocycles. The molecule has 0 saturated carbocycles. The van der Waals surface area contributed by atoms with Gasteiger partial charge in [0.15, 0.2) is 0 Å². The third-order valence-corrected chi connectivity index (χ3v) is 5.27. The maximum Gasteiger partial charge on any atom is 0.263 e. The van der Waals surface area contributed by atoms with Gasteiger partial charge in [-0.15, -0.1) is 0 Å². The number of rotatable bonds is 5. The van der Waals surface area contributed by atoms with Crippen LogP contribution >= 0.6 is 0 Å². The smallest absolute Gasteiger partial charge is 0.263 e. The van der Waals surface area contributed by atoms with Crippen LogP contribution in [0.1, 0.15) is 27.4 Å². The molecule has 0 unspecified atom stereocenters. The molecule has 3 aromatic rings. The minimum Gasteiger partial charge on any atom is -0.322 e. The van der Waals surface area contributed by atoms with Gasteiger partial charge in [0.1, 0.15) is 11.6 Å². The van der Waals surface area contributed by atoms with Crippen molar-refractivity contribution in [1.82, 2.24) is 9.97 Å². The standard InChI is InChI=1S/C20H17N5O3S/c1-13-11-19(23-14(2)22-13)25-29(27,28)18-9-7-17(8-10-18)24-20(26)16-5-3-15(12-21)4-6-16/h3-11H,1-2H3,(H,24,26)(H,22,23,25). The molecule has 2 N–H and O–H groups in total. The van der Waals surface area contributed by atoms with Crippen molar-refractivity contribution in [3.05, 3.63) is 77.2 Å². The number of carbonyl (C=O) groups excluding carboxylic acids is 1. The zero-order valence-corrected chi connectivity index (χ0v) is 16.5. The second-order valence-electron chi connectivity index (χ2n) is 6.21. The lowest BCUT2D eigenvalue weighted by atomic mass is 10.1. The van der Waals surface area contributed by atoms with Gasteiger partial charge in [-0.3, -0.25) is 9.52 Å². The van der Waals surface area contributed by atoms with Crippen molar-refractivity contribution in [2.75, 3.05) is 10.0 Å². The summed E-state index contributed by atoms with van der Waals surface area (Å²) in [6.07, 6.45) is 0. The maximum absolute atomic E-state index is 12.6. The normalized spacial score (nSPS) is 10.8. The number of aromatic nitrogens is 2. The second-order valence-corrected chi connectivity index (χ2v) is 7.90. The Labute approximate surface area is 168 Å². The van der Waals surface area contributed by atoms with Gasteiger partial charge in [-0.2, -0.15) is 5.26 Å². The van der Waals surface area contributed by atoms with E-state index >= 15 is 0 Å². The van der Waals surface area contributed by atoms with Crippen molar-refractivity contribution in [2.45, 2.75) is 18.7 Å². The first-order valence-electron chi connectivity index (χ1n) is 8.53. The maximum atomic E-state index is 12.6. The Morgan fingerprint density at radius 2 is 1.66 bits per heavy atom. The summed E-state index contributed by atoms with van der Waals surface area (Å²) in [5.41, 5.74) is 1.93. The molecule has 0 aliphatic rings. The van der Waals surface area contributed by atoms with Crippen LogP contribution in [0.25, 0.3) is 0 Å². The fourth-order valence-electron chi connectivity index (χ4n) is 2.58. The molecule has 0 atom stereocenters. The molecule has 146 valence electrons. The molecule has 0 spiro atoms. The summed E-state index contributed by atoms with van der Waals surface area (Å²) in [6.45, 7) is 3.42. The summed E-state index contributed by atoms with van der Waals surface area (Å²) in [4.78, 5) is 20.5. The molecule has 1 aromatic heterocycles. The first-order valence-corrected chi connectivity index (χ1v) is 10.0. The Bertz CT molecular complexity index is 1180. The van der Waals surface area contributed by atoms with E-state index in [1.165, 1.54) is 30.3 Å². The van der Waals surface area contributed by atoms with E-state index in [1.54, 1.807) is 38.1 Å². The van der Waals surface area contributed by atoms with E-state index in [0.717, 1.165) is 0 Å². The van der Waals surface area contributed by atoms with Crippen LogP contribution in [0.3, 0.4) is 0 Å². The van der Waals surface area contributed by atoms with Gasteiger partial charge < -0.3 is 5.32 Å². The molecule has 2 aromatic carbocycles. The van der Waals surface area contributed by atoms with Crippen LogP contribution < -0.4 is 10.0 Å². The average Bonchev–Trinajstić information content (AvgIpc) is 2.67. The summed E-state index contributed by atoms with van der Waals surface area (Å²) in [5, 5.41) is 11.5. The van der Waals surface area contributed by atoms with Crippen LogP contribution in [0.15, 0.2) is 59.5 Å². The minimum absolute atomic E-state index is 0.0304. The number of aryl methyl sites for hydroxylation is 2. The number of anilines is 2. The first kappa shape index (κ1) is 20.0. The van der Waals surface area contributed by atoms with Gasteiger partial charge in [0.25, 0.3) is 15.9 Å². The van der Waals surface area contributed by atoms with Crippen LogP contribution in [0.2, 0.25) is 0 Å². The monoisotopic (exact) mass is 407 g/mol. The molecular formula is C20H17N5O3S. The van der Waals surface area contributed by atoms with Crippen LogP contribution in [-0.4, -0.2) is 24.3 Å². The van der Waals surface area contributed by atoms with Crippen molar-refractivity contribution in [1.29, 1.82) is 5.26 Å². The molecule has 0 fully saturated rings. The molecule has 29 heavy (non-hydrogen) atoms. The number of hydrogen-bond donors (Lipinski definition) is 2. The van der Waals surface area contributed by atoms with Crippen molar-refractivity contribution in [3.8, 4) is 6.07 Å². The van der Waals surface area contributed by atoms with Gasteiger partial charge in [-0.1, -0.05) is 0 Å². The van der Waals surface area contributed by atoms with E-state index in [9.17, 15) is 13.2 Å². The fraction of sp³-hybridized carbons (Fsp3) is 0.100. The van der Waals surface area contributed by atoms with Gasteiger partial charge >= 0.3 is 0 Å². The number of amides is 1. The van der Waals surface area contributed by atoms with Gasteiger partial charge in [0.05, 0.1) is 16.5 Å². The number of sulfonamides is 1. The molecule has 1 heterocycles. The van der Waals surface area contributed by atoms with Gasteiger partial charge in [0, 0.05) is 23.0 Å². The largest absolute Gasteiger partial charge is 0.322 e. The Morgan fingerprint density at radius 3 is 2.24 bits per heavy atom. The Kier molecular flexibility index (Phi) is 5.57. The quantitative estimate of drug-likeness (QED) is 0.670. The highest BCUT2D eigenvalue weighted by Gasteiger charge is 2.16. The average molecular weight is 407 g/mol. The fourth-order valence-corrected chi connectivity index (χ4v) is 3.57. The number of nitrogens with zero attached hydrogens (tertiary/aromatic N) is 3. The van der Waals surface area contributed by atoms with Crippen LogP contribution in [0.5, 0.6) is 0 Å². The predicted molar refractivity (Wildman–Crippen MR) is 108 cm³/mol. The van der Waals surface area contributed by atoms with E-state index in [1.807, 2.05) is 6.07 Å². The number of nitrogens with one attached hydrogen (secondary N) is 2. The highest BCUT2D eigenvalue weighted by atomic mass is 32.2. The molecule has 1 amide bonds. The third-order valence-electron chi connectivity index (χ3n) is 3.90. The van der Waals surface area contributed by atoms with Crippen molar-refractivity contribution < 1.29 is 13.2 Å². The zero-order chi connectivity index (χ0) is 21.0. The van der Waals surface area contributed by atoms with Crippen LogP contribution in [-0.2, 0) is 10.0 Å². The zero-order valence-electron chi connectivity index (χ0n) is 15.7. The van der Waals surface area contributed by atoms with Gasteiger partial charge in [0.2, 0.25) is 0 Å². The van der Waals surface area contributed by atoms with Crippen molar-refractivity contribution in [2.24, 2.45) is 0 Å². The Morgan fingerprint density at radius 1 is 1.00 bits per heavy atom. The summed E-state index contributed by atoms with van der Waals surface area (Å²) in [5.74, 6) is 0.284. The van der Waals surface area contributed by atoms with E-state index in [2.05, 4.69) is 20.0 Å². The van der Waals surface area contributed by atoms with Gasteiger partial charge in [-0.25, -0.2) is 18.4 Å². The molecule has 0 radical (unpaired) electrons. The third kappa shape index (κ3) is 4.94. The first-order chi connectivity index (χ1) is 13.8. The van der Waals surface area contributed by atoms with Gasteiger partial charge in [-0.05, 0) is 62.4 Å². The summed E-state index contributed by atoms with van der Waals surface area (Å²) in [6, 6.07) is 15.5. The molecule has 0 bridgehead atoms. The Hall–Kier alpha value is -3.77. The SMILES string of the molecule is Cc1cc(NS(=O)(=O)c2ccc(NC(=O)c3ccc(C#N)cc3)cc2)nc(C)n1. The number of carbonyl (C=O) groups is 1. The molecule has 8 nitrogen and oxygen atoms in total. The lowest BCUT2D eigenvalue weighted by Crippen LogP contribution is -2.15. The van der Waals surface area contributed by atoms with E-state index < -0.39 is 10.0 Å². The predicted octanol–water partition coefficient (Wildman–Crippen LogP) is 3.02. The van der Waals surface area contributed by atoms with E-state index in [-0.39, 0.29) is 16.6 Å². The molecule has 9 heteroatoms. The van der Waals surface area contributed by atoms with Crippen molar-refractivity contribution in [3.63, 3.8) is 0 Å². The molecule has 3 rings (SSSR count). The number of nitriles is 1. The highest BCUT2D eigenvalue weighted by molar-refractivity contribution is 7.92. The second kappa shape index (κ2) is 8.08. The van der Waals surface area contributed by atoms with Crippen molar-refractivity contribution >= 4 is 27.4 Å². The summed E-state index contributed by atoms with van der Waals surface area (Å²) < 4.78 is 27.5. The van der Waals surface area contributed by atoms with E-state index in [4.69, 9.17) is 5.26 Å². The van der Waals surface area contributed by atoms with Crippen LogP contribution in [0, 0.1) is 25.2 Å². The van der Waals surface area contributed by atoms with Crippen LogP contribution in [0.4, 0.5) is 11.5 Å². The van der Waals surface area contributed by atoms with E-state index in [0.29, 0.717) is 28.3 Å². The minimum atomic E-state index is -3.84. The number of benzene rings is 2. The summed E-state index contributed by atoms with van der Waals surface area (Å²) >= 11 is 0. The molecule has 0 aliphatic carbocycles. The summed E-state index contributed by atoms with van der Waals surface area (Å²) in [7, 11) is -3.84. The lowest BCUT2D eigenvalue weighted by Gasteiger charge is -2.10. The number of hydrogen-bond acceptors (Lipinski definition) is 6.